The van der Waals surface area contributed by atoms with Crippen molar-refractivity contribution in [1.29, 1.82) is 0 Å². The number of aromatic nitrogens is 1. The predicted molar refractivity (Wildman–Crippen MR) is 83.8 cm³/mol. The van der Waals surface area contributed by atoms with Crippen molar-refractivity contribution in [3.63, 3.8) is 0 Å². The van der Waals surface area contributed by atoms with Gasteiger partial charge in [-0.2, -0.15) is 0 Å². The SMILES string of the molecule is CC(C)CCCC(C)NC(=O)c1ccncc1C#CCO. The lowest BCUT2D eigenvalue weighted by atomic mass is 10.0. The first-order valence-corrected chi connectivity index (χ1v) is 7.39. The van der Waals surface area contributed by atoms with E-state index in [1.54, 1.807) is 18.5 Å². The highest BCUT2D eigenvalue weighted by Crippen LogP contribution is 2.10. The van der Waals surface area contributed by atoms with Gasteiger partial charge < -0.3 is 10.4 Å². The van der Waals surface area contributed by atoms with Crippen LogP contribution < -0.4 is 5.32 Å². The molecule has 0 spiro atoms. The van der Waals surface area contributed by atoms with Gasteiger partial charge in [-0.15, -0.1) is 0 Å². The van der Waals surface area contributed by atoms with E-state index in [1.165, 1.54) is 6.42 Å². The first-order chi connectivity index (χ1) is 10.0. The molecule has 0 aliphatic rings. The summed E-state index contributed by atoms with van der Waals surface area (Å²) < 4.78 is 0. The number of hydrogen-bond donors (Lipinski definition) is 2. The molecule has 0 fully saturated rings. The summed E-state index contributed by atoms with van der Waals surface area (Å²) in [5, 5.41) is 11.7. The fraction of sp³-hybridized carbons (Fsp3) is 0.529. The van der Waals surface area contributed by atoms with Crippen molar-refractivity contribution >= 4 is 5.91 Å². The van der Waals surface area contributed by atoms with Crippen LogP contribution in [0.2, 0.25) is 0 Å². The third kappa shape index (κ3) is 6.42. The molecule has 1 atom stereocenters. The number of aliphatic hydroxyl groups excluding tert-OH is 1. The Morgan fingerprint density at radius 2 is 2.14 bits per heavy atom. The number of pyridine rings is 1. The number of aliphatic hydroxyl groups is 1. The summed E-state index contributed by atoms with van der Waals surface area (Å²) in [5.41, 5.74) is 1.04. The first kappa shape index (κ1) is 17.2. The molecule has 1 unspecified atom stereocenters. The Hall–Kier alpha value is -1.86. The highest BCUT2D eigenvalue weighted by molar-refractivity contribution is 5.96. The van der Waals surface area contributed by atoms with E-state index in [-0.39, 0.29) is 18.6 Å². The van der Waals surface area contributed by atoms with Crippen molar-refractivity contribution in [3.8, 4) is 11.8 Å². The van der Waals surface area contributed by atoms with Crippen LogP contribution in [-0.4, -0.2) is 28.6 Å². The highest BCUT2D eigenvalue weighted by atomic mass is 16.2. The van der Waals surface area contributed by atoms with Crippen molar-refractivity contribution in [1.82, 2.24) is 10.3 Å². The summed E-state index contributed by atoms with van der Waals surface area (Å²) in [5.74, 6) is 5.84. The highest BCUT2D eigenvalue weighted by Gasteiger charge is 2.13. The second kappa shape index (κ2) is 9.15. The molecule has 0 saturated carbocycles. The van der Waals surface area contributed by atoms with Crippen LogP contribution in [0.4, 0.5) is 0 Å². The van der Waals surface area contributed by atoms with Gasteiger partial charge >= 0.3 is 0 Å². The molecule has 0 radical (unpaired) electrons. The van der Waals surface area contributed by atoms with Gasteiger partial charge in [0.1, 0.15) is 6.61 Å². The molecule has 4 nitrogen and oxygen atoms in total. The van der Waals surface area contributed by atoms with Crippen LogP contribution in [0.1, 0.15) is 56.0 Å². The average molecular weight is 288 g/mol. The van der Waals surface area contributed by atoms with Gasteiger partial charge in [0.15, 0.2) is 0 Å². The van der Waals surface area contributed by atoms with Gasteiger partial charge in [-0.1, -0.05) is 38.5 Å². The van der Waals surface area contributed by atoms with Crippen LogP contribution in [0.3, 0.4) is 0 Å². The molecule has 1 aromatic heterocycles. The average Bonchev–Trinajstić information content (AvgIpc) is 2.44. The molecular weight excluding hydrogens is 264 g/mol. The Kier molecular flexibility index (Phi) is 7.49. The molecule has 114 valence electrons. The summed E-state index contributed by atoms with van der Waals surface area (Å²) in [7, 11) is 0. The minimum atomic E-state index is -0.235. The van der Waals surface area contributed by atoms with Crippen LogP contribution >= 0.6 is 0 Å². The Balaban J connectivity index is 2.63. The monoisotopic (exact) mass is 288 g/mol. The first-order valence-electron chi connectivity index (χ1n) is 7.39. The lowest BCUT2D eigenvalue weighted by Gasteiger charge is -2.15. The molecule has 0 aliphatic heterocycles. The molecular formula is C17H24N2O2. The summed E-state index contributed by atoms with van der Waals surface area (Å²) >= 11 is 0. The van der Waals surface area contributed by atoms with E-state index in [0.717, 1.165) is 12.8 Å². The maximum atomic E-state index is 12.3. The fourth-order valence-corrected chi connectivity index (χ4v) is 2.03. The largest absolute Gasteiger partial charge is 0.384 e. The van der Waals surface area contributed by atoms with E-state index in [9.17, 15) is 4.79 Å². The summed E-state index contributed by atoms with van der Waals surface area (Å²) in [6.45, 7) is 6.18. The molecule has 1 amide bonds. The number of carbonyl (C=O) groups excluding carboxylic acids is 1. The molecule has 1 aromatic rings. The van der Waals surface area contributed by atoms with Gasteiger partial charge in [0.25, 0.3) is 5.91 Å². The van der Waals surface area contributed by atoms with E-state index in [2.05, 4.69) is 36.0 Å². The fourth-order valence-electron chi connectivity index (χ4n) is 2.03. The molecule has 0 saturated heterocycles. The summed E-state index contributed by atoms with van der Waals surface area (Å²) in [6.07, 6.45) is 6.35. The Labute approximate surface area is 127 Å². The van der Waals surface area contributed by atoms with Crippen molar-refractivity contribution in [2.45, 2.75) is 46.1 Å². The van der Waals surface area contributed by atoms with E-state index in [4.69, 9.17) is 5.11 Å². The van der Waals surface area contributed by atoms with Crippen molar-refractivity contribution in [3.05, 3.63) is 29.6 Å². The van der Waals surface area contributed by atoms with Crippen LogP contribution in [0, 0.1) is 17.8 Å². The van der Waals surface area contributed by atoms with E-state index < -0.39 is 0 Å². The quantitative estimate of drug-likeness (QED) is 0.790. The lowest BCUT2D eigenvalue weighted by molar-refractivity contribution is 0.0937. The van der Waals surface area contributed by atoms with Gasteiger partial charge in [0.2, 0.25) is 0 Å². The predicted octanol–water partition coefficient (Wildman–Crippen LogP) is 2.37. The smallest absolute Gasteiger partial charge is 0.252 e. The van der Waals surface area contributed by atoms with Crippen LogP contribution in [0.25, 0.3) is 0 Å². The number of nitrogens with zero attached hydrogens (tertiary/aromatic N) is 1. The molecule has 0 aliphatic carbocycles. The second-order valence-corrected chi connectivity index (χ2v) is 5.58. The van der Waals surface area contributed by atoms with E-state index in [1.807, 2.05) is 6.92 Å². The van der Waals surface area contributed by atoms with Gasteiger partial charge in [0.05, 0.1) is 11.1 Å². The van der Waals surface area contributed by atoms with Crippen LogP contribution in [0.15, 0.2) is 18.5 Å². The summed E-state index contributed by atoms with van der Waals surface area (Å²) in [6, 6.07) is 1.78. The minimum absolute atomic E-state index is 0.128. The molecule has 0 aromatic carbocycles. The van der Waals surface area contributed by atoms with Gasteiger partial charge in [-0.05, 0) is 25.3 Å². The zero-order chi connectivity index (χ0) is 15.7. The molecule has 4 heteroatoms. The zero-order valence-corrected chi connectivity index (χ0v) is 13.0. The number of carbonyl (C=O) groups is 1. The van der Waals surface area contributed by atoms with Crippen molar-refractivity contribution in [2.24, 2.45) is 5.92 Å². The molecule has 2 N–H and O–H groups in total. The van der Waals surface area contributed by atoms with Gasteiger partial charge in [-0.25, -0.2) is 0 Å². The van der Waals surface area contributed by atoms with Gasteiger partial charge in [0, 0.05) is 18.4 Å². The number of rotatable bonds is 6. The van der Waals surface area contributed by atoms with Crippen molar-refractivity contribution in [2.75, 3.05) is 6.61 Å². The van der Waals surface area contributed by atoms with Crippen molar-refractivity contribution < 1.29 is 9.90 Å². The van der Waals surface area contributed by atoms with E-state index in [0.29, 0.717) is 17.0 Å². The molecule has 21 heavy (non-hydrogen) atoms. The molecule has 1 heterocycles. The van der Waals surface area contributed by atoms with E-state index >= 15 is 0 Å². The molecule has 1 rings (SSSR count). The number of amides is 1. The number of nitrogens with one attached hydrogen (secondary N) is 1. The van der Waals surface area contributed by atoms with Gasteiger partial charge in [-0.3, -0.25) is 9.78 Å². The maximum Gasteiger partial charge on any atom is 0.252 e. The number of hydrogen-bond acceptors (Lipinski definition) is 3. The second-order valence-electron chi connectivity index (χ2n) is 5.58. The Bertz CT molecular complexity index is 515. The molecule has 0 bridgehead atoms. The van der Waals surface area contributed by atoms with Crippen LogP contribution in [-0.2, 0) is 0 Å². The van der Waals surface area contributed by atoms with Crippen LogP contribution in [0.5, 0.6) is 0 Å². The standard InChI is InChI=1S/C17H24N2O2/c1-13(2)6-4-7-14(3)19-17(21)16-9-10-18-12-15(16)8-5-11-20/h9-10,12-14,20H,4,6-7,11H2,1-3H3,(H,19,21). The normalized spacial score (nSPS) is 11.7. The zero-order valence-electron chi connectivity index (χ0n) is 13.0. The Morgan fingerprint density at radius 1 is 1.38 bits per heavy atom. The maximum absolute atomic E-state index is 12.3. The summed E-state index contributed by atoms with van der Waals surface area (Å²) in [4.78, 5) is 16.2. The minimum Gasteiger partial charge on any atom is -0.384 e. The third-order valence-corrected chi connectivity index (χ3v) is 3.16. The Morgan fingerprint density at radius 3 is 2.81 bits per heavy atom. The lowest BCUT2D eigenvalue weighted by Crippen LogP contribution is -2.33. The topological polar surface area (TPSA) is 62.2 Å². The third-order valence-electron chi connectivity index (χ3n) is 3.16.